The summed E-state index contributed by atoms with van der Waals surface area (Å²) in [5.41, 5.74) is 1.32. The van der Waals surface area contributed by atoms with Crippen LogP contribution in [-0.2, 0) is 23.2 Å². The fraction of sp³-hybridized carbons (Fsp3) is 0.250. The molecule has 0 aliphatic heterocycles. The predicted octanol–water partition coefficient (Wildman–Crippen LogP) is 4.19. The Morgan fingerprint density at radius 2 is 1.87 bits per heavy atom. The van der Waals surface area contributed by atoms with E-state index in [4.69, 9.17) is 0 Å². The number of halogens is 3. The number of hydrogen-bond donors (Lipinski definition) is 2. The number of nitrogens with zero attached hydrogens (tertiary/aromatic N) is 2. The summed E-state index contributed by atoms with van der Waals surface area (Å²) in [5, 5.41) is 3.18. The molecule has 3 rings (SSSR count). The summed E-state index contributed by atoms with van der Waals surface area (Å²) < 4.78 is 67.5. The second kappa shape index (κ2) is 8.11. The van der Waals surface area contributed by atoms with E-state index in [1.54, 1.807) is 43.2 Å². The van der Waals surface area contributed by atoms with Gasteiger partial charge in [0.15, 0.2) is 0 Å². The number of sulfonamides is 1. The smallest absolute Gasteiger partial charge is 0.378 e. The van der Waals surface area contributed by atoms with E-state index in [0.717, 1.165) is 12.1 Å². The van der Waals surface area contributed by atoms with Crippen molar-refractivity contribution < 1.29 is 21.6 Å². The summed E-state index contributed by atoms with van der Waals surface area (Å²) in [6.07, 6.45) is -1.13. The van der Waals surface area contributed by atoms with Crippen LogP contribution in [0.15, 0.2) is 59.9 Å². The molecule has 0 aliphatic rings. The first-order valence-corrected chi connectivity index (χ1v) is 10.5. The average molecular weight is 438 g/mol. The number of benzene rings is 2. The Hall–Kier alpha value is -2.85. The quantitative estimate of drug-likeness (QED) is 0.605. The van der Waals surface area contributed by atoms with Crippen LogP contribution in [0.5, 0.6) is 0 Å². The third kappa shape index (κ3) is 4.65. The van der Waals surface area contributed by atoms with Gasteiger partial charge < -0.3 is 9.88 Å². The van der Waals surface area contributed by atoms with Gasteiger partial charge in [-0.05, 0) is 49.9 Å². The van der Waals surface area contributed by atoms with Crippen molar-refractivity contribution in [1.29, 1.82) is 0 Å². The maximum absolute atomic E-state index is 13.0. The molecule has 10 heteroatoms. The van der Waals surface area contributed by atoms with Crippen molar-refractivity contribution in [3.63, 3.8) is 0 Å². The SMILES string of the molecule is CNS(=O)(=O)c1ccc(NC(C)c2cccc(C(F)(F)F)c2)c(-c2cn(C)cn2)c1. The minimum absolute atomic E-state index is 0.0583. The van der Waals surface area contributed by atoms with Gasteiger partial charge in [0.05, 0.1) is 22.5 Å². The highest BCUT2D eigenvalue weighted by atomic mass is 32.2. The fourth-order valence-electron chi connectivity index (χ4n) is 3.00. The molecular weight excluding hydrogens is 417 g/mol. The molecule has 0 amide bonds. The lowest BCUT2D eigenvalue weighted by Gasteiger charge is -2.20. The highest BCUT2D eigenvalue weighted by Crippen LogP contribution is 2.34. The number of imidazole rings is 1. The maximum Gasteiger partial charge on any atom is 0.416 e. The van der Waals surface area contributed by atoms with Crippen LogP contribution in [-0.4, -0.2) is 25.0 Å². The Morgan fingerprint density at radius 1 is 1.13 bits per heavy atom. The van der Waals surface area contributed by atoms with Crippen molar-refractivity contribution in [1.82, 2.24) is 14.3 Å². The van der Waals surface area contributed by atoms with E-state index < -0.39 is 27.8 Å². The maximum atomic E-state index is 13.0. The molecule has 30 heavy (non-hydrogen) atoms. The number of hydrogen-bond acceptors (Lipinski definition) is 4. The first kappa shape index (κ1) is 21.8. The molecule has 2 N–H and O–H groups in total. The highest BCUT2D eigenvalue weighted by Gasteiger charge is 2.30. The molecule has 1 heterocycles. The molecule has 6 nitrogen and oxygen atoms in total. The topological polar surface area (TPSA) is 76.0 Å². The zero-order valence-electron chi connectivity index (χ0n) is 16.5. The van der Waals surface area contributed by atoms with Crippen LogP contribution in [0, 0.1) is 0 Å². The second-order valence-corrected chi connectivity index (χ2v) is 8.72. The van der Waals surface area contributed by atoms with Crippen molar-refractivity contribution in [2.45, 2.75) is 24.0 Å². The predicted molar refractivity (Wildman–Crippen MR) is 108 cm³/mol. The van der Waals surface area contributed by atoms with Gasteiger partial charge in [-0.2, -0.15) is 13.2 Å². The van der Waals surface area contributed by atoms with Gasteiger partial charge in [0, 0.05) is 30.5 Å². The van der Waals surface area contributed by atoms with E-state index in [0.29, 0.717) is 22.5 Å². The molecule has 1 atom stereocenters. The van der Waals surface area contributed by atoms with E-state index >= 15 is 0 Å². The van der Waals surface area contributed by atoms with Crippen molar-refractivity contribution in [3.05, 3.63) is 66.1 Å². The van der Waals surface area contributed by atoms with Gasteiger partial charge in [0.25, 0.3) is 0 Å². The average Bonchev–Trinajstić information content (AvgIpc) is 3.13. The first-order valence-electron chi connectivity index (χ1n) is 9.01. The van der Waals surface area contributed by atoms with Crippen molar-refractivity contribution in [2.24, 2.45) is 7.05 Å². The molecule has 2 aromatic carbocycles. The lowest BCUT2D eigenvalue weighted by molar-refractivity contribution is -0.137. The minimum Gasteiger partial charge on any atom is -0.378 e. The number of rotatable bonds is 6. The van der Waals surface area contributed by atoms with E-state index in [1.807, 2.05) is 0 Å². The monoisotopic (exact) mass is 438 g/mol. The Balaban J connectivity index is 2.01. The van der Waals surface area contributed by atoms with Crippen LogP contribution in [0.25, 0.3) is 11.3 Å². The number of aromatic nitrogens is 2. The third-order valence-corrected chi connectivity index (χ3v) is 6.05. The Kier molecular flexibility index (Phi) is 5.91. The number of alkyl halides is 3. The molecule has 0 fully saturated rings. The van der Waals surface area contributed by atoms with Gasteiger partial charge in [0.2, 0.25) is 10.0 Å². The molecule has 0 spiro atoms. The molecular formula is C20H21F3N4O2S. The van der Waals surface area contributed by atoms with Gasteiger partial charge in [-0.1, -0.05) is 12.1 Å². The molecule has 0 radical (unpaired) electrons. The molecule has 1 aromatic heterocycles. The first-order chi connectivity index (χ1) is 14.0. The van der Waals surface area contributed by atoms with Gasteiger partial charge in [-0.3, -0.25) is 0 Å². The largest absolute Gasteiger partial charge is 0.416 e. The summed E-state index contributed by atoms with van der Waals surface area (Å²) >= 11 is 0. The van der Waals surface area contributed by atoms with E-state index in [1.165, 1.54) is 25.2 Å². The molecule has 0 bridgehead atoms. The molecule has 0 saturated carbocycles. The number of aryl methyl sites for hydroxylation is 1. The van der Waals surface area contributed by atoms with Crippen molar-refractivity contribution in [2.75, 3.05) is 12.4 Å². The number of nitrogens with one attached hydrogen (secondary N) is 2. The van der Waals surface area contributed by atoms with Gasteiger partial charge in [-0.15, -0.1) is 0 Å². The lowest BCUT2D eigenvalue weighted by atomic mass is 10.0. The summed E-state index contributed by atoms with van der Waals surface area (Å²) in [6.45, 7) is 1.73. The van der Waals surface area contributed by atoms with Crippen molar-refractivity contribution >= 4 is 15.7 Å². The van der Waals surface area contributed by atoms with E-state index in [9.17, 15) is 21.6 Å². The summed E-state index contributed by atoms with van der Waals surface area (Å²) in [5.74, 6) is 0. The van der Waals surface area contributed by atoms with Gasteiger partial charge in [-0.25, -0.2) is 18.1 Å². The Bertz CT molecular complexity index is 1160. The number of anilines is 1. The normalized spacial score (nSPS) is 13.3. The zero-order chi connectivity index (χ0) is 22.1. The van der Waals surface area contributed by atoms with Gasteiger partial charge in [0.1, 0.15) is 0 Å². The Morgan fingerprint density at radius 3 is 2.47 bits per heavy atom. The highest BCUT2D eigenvalue weighted by molar-refractivity contribution is 7.89. The lowest BCUT2D eigenvalue weighted by Crippen LogP contribution is -2.18. The Labute approximate surface area is 172 Å². The van der Waals surface area contributed by atoms with E-state index in [2.05, 4.69) is 15.0 Å². The van der Waals surface area contributed by atoms with Crippen LogP contribution >= 0.6 is 0 Å². The van der Waals surface area contributed by atoms with Crippen LogP contribution in [0.3, 0.4) is 0 Å². The third-order valence-electron chi connectivity index (χ3n) is 4.64. The molecule has 160 valence electrons. The van der Waals surface area contributed by atoms with E-state index in [-0.39, 0.29) is 4.90 Å². The van der Waals surface area contributed by atoms with Crippen LogP contribution < -0.4 is 10.0 Å². The summed E-state index contributed by atoms with van der Waals surface area (Å²) in [7, 11) is -0.581. The summed E-state index contributed by atoms with van der Waals surface area (Å²) in [4.78, 5) is 4.34. The fourth-order valence-corrected chi connectivity index (χ4v) is 3.75. The molecule has 3 aromatic rings. The molecule has 0 aliphatic carbocycles. The van der Waals surface area contributed by atoms with Crippen LogP contribution in [0.4, 0.5) is 18.9 Å². The zero-order valence-corrected chi connectivity index (χ0v) is 17.3. The van der Waals surface area contributed by atoms with Crippen LogP contribution in [0.1, 0.15) is 24.1 Å². The molecule has 1 unspecified atom stereocenters. The van der Waals surface area contributed by atoms with Crippen LogP contribution in [0.2, 0.25) is 0 Å². The molecule has 0 saturated heterocycles. The standard InChI is InChI=1S/C20H21F3N4O2S/c1-13(14-5-4-6-15(9-14)20(21,22)23)26-18-8-7-16(30(28,29)24-2)10-17(18)19-11-27(3)12-25-19/h4-13,24,26H,1-3H3. The van der Waals surface area contributed by atoms with Crippen molar-refractivity contribution in [3.8, 4) is 11.3 Å². The second-order valence-electron chi connectivity index (χ2n) is 6.83. The van der Waals surface area contributed by atoms with Gasteiger partial charge >= 0.3 is 6.18 Å². The minimum atomic E-state index is -4.43. The summed E-state index contributed by atoms with van der Waals surface area (Å²) in [6, 6.07) is 9.10.